The fourth-order valence-electron chi connectivity index (χ4n) is 1.90. The van der Waals surface area contributed by atoms with Crippen molar-refractivity contribution in [3.63, 3.8) is 0 Å². The normalized spacial score (nSPS) is 9.91. The van der Waals surface area contributed by atoms with E-state index >= 15 is 0 Å². The lowest BCUT2D eigenvalue weighted by molar-refractivity contribution is 0.252. The fourth-order valence-corrected chi connectivity index (χ4v) is 2.77. The van der Waals surface area contributed by atoms with E-state index in [-0.39, 0.29) is 5.69 Å². The molecule has 0 atom stereocenters. The number of thioether (sulfide) groups is 1. The van der Waals surface area contributed by atoms with Gasteiger partial charge in [-0.2, -0.15) is 17.0 Å². The van der Waals surface area contributed by atoms with Crippen LogP contribution in [0.4, 0.5) is 14.9 Å². The number of urea groups is 1. The Kier molecular flexibility index (Phi) is 6.45. The monoisotopic (exact) mass is 329 g/mol. The third kappa shape index (κ3) is 5.31. The molecule has 0 saturated heterocycles. The van der Waals surface area contributed by atoms with Crippen molar-refractivity contribution in [1.29, 1.82) is 5.26 Å². The maximum Gasteiger partial charge on any atom is 0.319 e. The molecule has 0 aliphatic heterocycles. The molecule has 2 amide bonds. The van der Waals surface area contributed by atoms with Gasteiger partial charge in [-0.25, -0.2) is 9.18 Å². The number of benzene rings is 2. The molecule has 6 heteroatoms. The summed E-state index contributed by atoms with van der Waals surface area (Å²) in [4.78, 5) is 11.7. The van der Waals surface area contributed by atoms with Crippen molar-refractivity contribution < 1.29 is 9.18 Å². The molecule has 2 rings (SSSR count). The third-order valence-electron chi connectivity index (χ3n) is 3.05. The lowest BCUT2D eigenvalue weighted by atomic mass is 10.1. The summed E-state index contributed by atoms with van der Waals surface area (Å²) in [6.45, 7) is 0.458. The minimum Gasteiger partial charge on any atom is -0.337 e. The van der Waals surface area contributed by atoms with Gasteiger partial charge in [0.1, 0.15) is 5.82 Å². The zero-order valence-electron chi connectivity index (χ0n) is 12.4. The van der Waals surface area contributed by atoms with Gasteiger partial charge in [0.2, 0.25) is 0 Å². The number of nitrogens with one attached hydrogen (secondary N) is 2. The average molecular weight is 329 g/mol. The molecule has 23 heavy (non-hydrogen) atoms. The molecule has 0 bridgehead atoms. The van der Waals surface area contributed by atoms with Crippen molar-refractivity contribution in [2.24, 2.45) is 0 Å². The van der Waals surface area contributed by atoms with Gasteiger partial charge < -0.3 is 10.6 Å². The number of hydrogen-bond acceptors (Lipinski definition) is 3. The second kappa shape index (κ2) is 8.81. The molecule has 0 spiro atoms. The minimum atomic E-state index is -0.467. The molecule has 118 valence electrons. The Morgan fingerprint density at radius 1 is 1.17 bits per heavy atom. The zero-order valence-corrected chi connectivity index (χ0v) is 13.2. The van der Waals surface area contributed by atoms with Gasteiger partial charge in [0.15, 0.2) is 0 Å². The van der Waals surface area contributed by atoms with Crippen LogP contribution >= 0.6 is 11.8 Å². The smallest absolute Gasteiger partial charge is 0.319 e. The lowest BCUT2D eigenvalue weighted by Crippen LogP contribution is -2.30. The van der Waals surface area contributed by atoms with Crippen LogP contribution in [0.25, 0.3) is 0 Å². The highest BCUT2D eigenvalue weighted by atomic mass is 32.2. The highest BCUT2D eigenvalue weighted by Gasteiger charge is 2.05. The van der Waals surface area contributed by atoms with Crippen molar-refractivity contribution in [1.82, 2.24) is 5.32 Å². The van der Waals surface area contributed by atoms with Crippen LogP contribution in [0.15, 0.2) is 48.5 Å². The topological polar surface area (TPSA) is 64.9 Å². The van der Waals surface area contributed by atoms with Crippen LogP contribution in [0.2, 0.25) is 0 Å². The van der Waals surface area contributed by atoms with Crippen LogP contribution in [0.1, 0.15) is 11.1 Å². The maximum atomic E-state index is 13.4. The zero-order chi connectivity index (χ0) is 16.5. The number of nitrogens with zero attached hydrogens (tertiary/aromatic N) is 1. The molecule has 0 aliphatic rings. The molecular weight excluding hydrogens is 313 g/mol. The molecule has 0 saturated carbocycles. The molecule has 2 aromatic carbocycles. The third-order valence-corrected chi connectivity index (χ3v) is 4.06. The highest BCUT2D eigenvalue weighted by molar-refractivity contribution is 7.98. The molecule has 2 N–H and O–H groups in total. The number of carbonyl (C=O) groups is 1. The number of para-hydroxylation sites is 1. The number of anilines is 1. The van der Waals surface area contributed by atoms with Gasteiger partial charge in [0.25, 0.3) is 0 Å². The summed E-state index contributed by atoms with van der Waals surface area (Å²) in [6, 6.07) is 15.2. The second-order valence-corrected chi connectivity index (χ2v) is 5.79. The van der Waals surface area contributed by atoms with Gasteiger partial charge in [-0.3, -0.25) is 0 Å². The molecule has 0 fully saturated rings. The van der Waals surface area contributed by atoms with Gasteiger partial charge in [-0.05, 0) is 23.8 Å². The molecule has 2 aromatic rings. The van der Waals surface area contributed by atoms with E-state index in [2.05, 4.69) is 16.7 Å². The van der Waals surface area contributed by atoms with E-state index in [4.69, 9.17) is 5.26 Å². The summed E-state index contributed by atoms with van der Waals surface area (Å²) < 4.78 is 13.4. The molecule has 0 heterocycles. The van der Waals surface area contributed by atoms with Crippen LogP contribution in [-0.2, 0) is 5.75 Å². The van der Waals surface area contributed by atoms with E-state index < -0.39 is 11.8 Å². The Morgan fingerprint density at radius 2 is 1.91 bits per heavy atom. The van der Waals surface area contributed by atoms with Crippen LogP contribution in [0.3, 0.4) is 0 Å². The first-order valence-corrected chi connectivity index (χ1v) is 8.21. The molecule has 4 nitrogen and oxygen atoms in total. The van der Waals surface area contributed by atoms with Crippen LogP contribution in [0, 0.1) is 17.1 Å². The predicted molar refractivity (Wildman–Crippen MR) is 90.7 cm³/mol. The Bertz CT molecular complexity index is 715. The minimum absolute atomic E-state index is 0.153. The Balaban J connectivity index is 1.69. The van der Waals surface area contributed by atoms with Crippen molar-refractivity contribution >= 4 is 23.5 Å². The number of nitriles is 1. The SMILES string of the molecule is N#Cc1ccccc1CSCCNC(=O)Nc1ccccc1F. The van der Waals surface area contributed by atoms with E-state index in [0.717, 1.165) is 5.56 Å². The summed E-state index contributed by atoms with van der Waals surface area (Å²) in [7, 11) is 0. The highest BCUT2D eigenvalue weighted by Crippen LogP contribution is 2.15. The largest absolute Gasteiger partial charge is 0.337 e. The first-order chi connectivity index (χ1) is 11.2. The van der Waals surface area contributed by atoms with Gasteiger partial charge >= 0.3 is 6.03 Å². The maximum absolute atomic E-state index is 13.4. The van der Waals surface area contributed by atoms with Crippen molar-refractivity contribution in [3.8, 4) is 6.07 Å². The van der Waals surface area contributed by atoms with Crippen molar-refractivity contribution in [3.05, 3.63) is 65.5 Å². The molecule has 0 unspecified atom stereocenters. The lowest BCUT2D eigenvalue weighted by Gasteiger charge is -2.08. The quantitative estimate of drug-likeness (QED) is 0.793. The number of amides is 2. The van der Waals surface area contributed by atoms with Crippen molar-refractivity contribution in [2.45, 2.75) is 5.75 Å². The van der Waals surface area contributed by atoms with E-state index in [9.17, 15) is 9.18 Å². The second-order valence-electron chi connectivity index (χ2n) is 4.68. The van der Waals surface area contributed by atoms with Crippen LogP contribution < -0.4 is 10.6 Å². The predicted octanol–water partition coefficient (Wildman–Crippen LogP) is 3.75. The number of rotatable bonds is 6. The van der Waals surface area contributed by atoms with Gasteiger partial charge in [0, 0.05) is 18.1 Å². The van der Waals surface area contributed by atoms with Gasteiger partial charge in [0.05, 0.1) is 17.3 Å². The Hall–Kier alpha value is -2.52. The summed E-state index contributed by atoms with van der Waals surface area (Å²) >= 11 is 1.62. The van der Waals surface area contributed by atoms with E-state index in [0.29, 0.717) is 23.6 Å². The number of hydrogen-bond donors (Lipinski definition) is 2. The molecule has 0 aliphatic carbocycles. The van der Waals surface area contributed by atoms with Crippen molar-refractivity contribution in [2.75, 3.05) is 17.6 Å². The fraction of sp³-hybridized carbons (Fsp3) is 0.176. The first kappa shape index (κ1) is 16.8. The summed E-state index contributed by atoms with van der Waals surface area (Å²) in [5.74, 6) is 0.940. The number of halogens is 1. The molecule has 0 aromatic heterocycles. The number of carbonyl (C=O) groups excluding carboxylic acids is 1. The van der Waals surface area contributed by atoms with Gasteiger partial charge in [-0.15, -0.1) is 0 Å². The Morgan fingerprint density at radius 3 is 2.70 bits per heavy atom. The molecule has 0 radical (unpaired) electrons. The molecular formula is C17H16FN3OS. The average Bonchev–Trinajstić information content (AvgIpc) is 2.57. The Labute approximate surface area is 138 Å². The summed E-state index contributed by atoms with van der Waals surface area (Å²) in [5, 5.41) is 14.1. The van der Waals surface area contributed by atoms with E-state index in [1.54, 1.807) is 30.0 Å². The first-order valence-electron chi connectivity index (χ1n) is 7.06. The summed E-state index contributed by atoms with van der Waals surface area (Å²) in [5.41, 5.74) is 1.81. The standard InChI is InChI=1S/C17H16FN3OS/c18-15-7-3-4-8-16(15)21-17(22)20-9-10-23-12-14-6-2-1-5-13(14)11-19/h1-8H,9-10,12H2,(H2,20,21,22). The summed E-state index contributed by atoms with van der Waals surface area (Å²) in [6.07, 6.45) is 0. The van der Waals surface area contributed by atoms with Crippen LogP contribution in [-0.4, -0.2) is 18.3 Å². The van der Waals surface area contributed by atoms with Crippen LogP contribution in [0.5, 0.6) is 0 Å². The van der Waals surface area contributed by atoms with E-state index in [1.165, 1.54) is 12.1 Å². The van der Waals surface area contributed by atoms with Gasteiger partial charge in [-0.1, -0.05) is 30.3 Å². The van der Waals surface area contributed by atoms with E-state index in [1.807, 2.05) is 18.2 Å².